The van der Waals surface area contributed by atoms with Gasteiger partial charge in [-0.3, -0.25) is 20.4 Å². The molecule has 1 aliphatic carbocycles. The van der Waals surface area contributed by atoms with Crippen molar-refractivity contribution in [1.29, 1.82) is 0 Å². The number of guanidine groups is 1. The van der Waals surface area contributed by atoms with E-state index in [4.69, 9.17) is 4.42 Å². The van der Waals surface area contributed by atoms with E-state index >= 15 is 0 Å². The highest BCUT2D eigenvalue weighted by Crippen LogP contribution is 2.28. The number of fused-ring (bicyclic) bond motifs is 1. The number of oxazole rings is 1. The molecule has 0 atom stereocenters. The van der Waals surface area contributed by atoms with E-state index < -0.39 is 0 Å². The zero-order chi connectivity index (χ0) is 14.1. The molecule has 0 aliphatic heterocycles. The van der Waals surface area contributed by atoms with Crippen molar-refractivity contribution in [3.63, 3.8) is 0 Å². The fourth-order valence-corrected chi connectivity index (χ4v) is 1.76. The highest BCUT2D eigenvalue weighted by atomic mass is 19.1. The molecule has 1 heterocycles. The third kappa shape index (κ3) is 2.61. The van der Waals surface area contributed by atoms with Crippen molar-refractivity contribution in [2.75, 3.05) is 12.4 Å². The van der Waals surface area contributed by atoms with Crippen LogP contribution in [0.4, 0.5) is 10.4 Å². The average Bonchev–Trinajstić information content (AvgIpc) is 3.19. The number of nitrogens with zero attached hydrogens (tertiary/aromatic N) is 2. The normalized spacial score (nSPS) is 15.4. The second kappa shape index (κ2) is 4.92. The third-order valence-corrected chi connectivity index (χ3v) is 2.99. The van der Waals surface area contributed by atoms with E-state index in [0.29, 0.717) is 11.1 Å². The lowest BCUT2D eigenvalue weighted by Crippen LogP contribution is -2.36. The quantitative estimate of drug-likeness (QED) is 0.648. The van der Waals surface area contributed by atoms with Gasteiger partial charge >= 0.3 is 6.01 Å². The molecule has 0 saturated heterocycles. The Kier molecular flexibility index (Phi) is 3.09. The lowest BCUT2D eigenvalue weighted by molar-refractivity contribution is -0.120. The molecular weight excluding hydrogens is 263 g/mol. The van der Waals surface area contributed by atoms with Crippen LogP contribution in [0.3, 0.4) is 0 Å². The first kappa shape index (κ1) is 12.6. The zero-order valence-corrected chi connectivity index (χ0v) is 10.8. The van der Waals surface area contributed by atoms with Gasteiger partial charge < -0.3 is 4.42 Å². The van der Waals surface area contributed by atoms with Crippen LogP contribution in [0.25, 0.3) is 11.1 Å². The number of amides is 1. The van der Waals surface area contributed by atoms with E-state index in [1.165, 1.54) is 25.2 Å². The number of nitrogens with one attached hydrogen (secondary N) is 2. The largest absolute Gasteiger partial charge is 0.423 e. The SMILES string of the molecule is CN=C(NC(=O)C1CC1)Nc1nc2cc(F)ccc2o1. The van der Waals surface area contributed by atoms with Gasteiger partial charge in [-0.25, -0.2) is 4.39 Å². The average molecular weight is 276 g/mol. The van der Waals surface area contributed by atoms with Gasteiger partial charge in [-0.05, 0) is 25.0 Å². The first-order valence-corrected chi connectivity index (χ1v) is 6.26. The molecule has 1 fully saturated rings. The van der Waals surface area contributed by atoms with Crippen molar-refractivity contribution < 1.29 is 13.6 Å². The summed E-state index contributed by atoms with van der Waals surface area (Å²) in [5, 5.41) is 5.43. The summed E-state index contributed by atoms with van der Waals surface area (Å²) in [5.74, 6) is -0.121. The summed E-state index contributed by atoms with van der Waals surface area (Å²) in [7, 11) is 1.54. The van der Waals surface area contributed by atoms with Crippen LogP contribution in [-0.4, -0.2) is 23.9 Å². The Bertz CT molecular complexity index is 691. The Morgan fingerprint density at radius 1 is 1.50 bits per heavy atom. The maximum Gasteiger partial charge on any atom is 0.302 e. The predicted molar refractivity (Wildman–Crippen MR) is 71.8 cm³/mol. The summed E-state index contributed by atoms with van der Waals surface area (Å²) in [5.41, 5.74) is 0.856. The van der Waals surface area contributed by atoms with Gasteiger partial charge in [0.1, 0.15) is 11.3 Å². The van der Waals surface area contributed by atoms with E-state index in [9.17, 15) is 9.18 Å². The molecule has 104 valence electrons. The van der Waals surface area contributed by atoms with E-state index in [2.05, 4.69) is 20.6 Å². The molecule has 0 bridgehead atoms. The maximum atomic E-state index is 13.1. The van der Waals surface area contributed by atoms with Crippen LogP contribution in [-0.2, 0) is 4.79 Å². The number of carbonyl (C=O) groups is 1. The summed E-state index contributed by atoms with van der Waals surface area (Å²) >= 11 is 0. The molecule has 7 heteroatoms. The van der Waals surface area contributed by atoms with E-state index in [-0.39, 0.29) is 29.6 Å². The smallest absolute Gasteiger partial charge is 0.302 e. The summed E-state index contributed by atoms with van der Waals surface area (Å²) in [6.45, 7) is 0. The van der Waals surface area contributed by atoms with Gasteiger partial charge in [-0.15, -0.1) is 0 Å². The summed E-state index contributed by atoms with van der Waals surface area (Å²) < 4.78 is 18.5. The standard InChI is InChI=1S/C13H13FN4O2/c1-15-12(17-11(19)7-2-3-7)18-13-16-9-6-8(14)4-5-10(9)20-13/h4-7H,2-3H2,1H3,(H2,15,16,17,18,19). The fourth-order valence-electron chi connectivity index (χ4n) is 1.76. The number of benzene rings is 1. The lowest BCUT2D eigenvalue weighted by atomic mass is 10.3. The van der Waals surface area contributed by atoms with Gasteiger partial charge in [0, 0.05) is 19.0 Å². The fraction of sp³-hybridized carbons (Fsp3) is 0.308. The van der Waals surface area contributed by atoms with E-state index in [1.54, 1.807) is 0 Å². The number of anilines is 1. The Morgan fingerprint density at radius 2 is 2.30 bits per heavy atom. The van der Waals surface area contributed by atoms with Crippen molar-refractivity contribution >= 4 is 29.0 Å². The number of hydrogen-bond donors (Lipinski definition) is 2. The van der Waals surface area contributed by atoms with Crippen molar-refractivity contribution in [2.24, 2.45) is 10.9 Å². The van der Waals surface area contributed by atoms with Crippen LogP contribution in [0.5, 0.6) is 0 Å². The minimum Gasteiger partial charge on any atom is -0.423 e. The van der Waals surface area contributed by atoms with Crippen LogP contribution in [0.1, 0.15) is 12.8 Å². The van der Waals surface area contributed by atoms with Crippen LogP contribution in [0.15, 0.2) is 27.6 Å². The molecule has 0 unspecified atom stereocenters. The summed E-state index contributed by atoms with van der Waals surface area (Å²) in [6.07, 6.45) is 1.82. The van der Waals surface area contributed by atoms with Crippen molar-refractivity contribution in [3.05, 3.63) is 24.0 Å². The number of hydrogen-bond acceptors (Lipinski definition) is 4. The molecule has 1 aromatic heterocycles. The third-order valence-electron chi connectivity index (χ3n) is 2.99. The monoisotopic (exact) mass is 276 g/mol. The molecular formula is C13H13FN4O2. The van der Waals surface area contributed by atoms with Gasteiger partial charge in [0.15, 0.2) is 5.58 Å². The van der Waals surface area contributed by atoms with Crippen LogP contribution in [0, 0.1) is 11.7 Å². The second-order valence-electron chi connectivity index (χ2n) is 4.59. The van der Waals surface area contributed by atoms with Gasteiger partial charge in [0.05, 0.1) is 0 Å². The number of aliphatic imine (C=N–C) groups is 1. The molecule has 1 saturated carbocycles. The molecule has 1 aliphatic rings. The van der Waals surface area contributed by atoms with Crippen LogP contribution < -0.4 is 10.6 Å². The molecule has 20 heavy (non-hydrogen) atoms. The Labute approximate surface area is 114 Å². The molecule has 1 aromatic carbocycles. The van der Waals surface area contributed by atoms with Gasteiger partial charge in [-0.2, -0.15) is 4.98 Å². The van der Waals surface area contributed by atoms with Gasteiger partial charge in [0.2, 0.25) is 11.9 Å². The molecule has 1 amide bonds. The van der Waals surface area contributed by atoms with Crippen LogP contribution in [0.2, 0.25) is 0 Å². The molecule has 3 rings (SSSR count). The van der Waals surface area contributed by atoms with Crippen molar-refractivity contribution in [2.45, 2.75) is 12.8 Å². The van der Waals surface area contributed by atoms with E-state index in [0.717, 1.165) is 12.8 Å². The van der Waals surface area contributed by atoms with Crippen molar-refractivity contribution in [3.8, 4) is 0 Å². The molecule has 6 nitrogen and oxygen atoms in total. The molecule has 2 aromatic rings. The number of halogens is 1. The second-order valence-corrected chi connectivity index (χ2v) is 4.59. The molecule has 0 radical (unpaired) electrons. The van der Waals surface area contributed by atoms with Crippen LogP contribution >= 0.6 is 0 Å². The predicted octanol–water partition coefficient (Wildman–Crippen LogP) is 1.89. The first-order chi connectivity index (χ1) is 9.65. The van der Waals surface area contributed by atoms with E-state index in [1.807, 2.05) is 0 Å². The Balaban J connectivity index is 1.75. The highest BCUT2D eigenvalue weighted by Gasteiger charge is 2.30. The van der Waals surface area contributed by atoms with Crippen molar-refractivity contribution in [1.82, 2.24) is 10.3 Å². The summed E-state index contributed by atoms with van der Waals surface area (Å²) in [4.78, 5) is 19.6. The minimum atomic E-state index is -0.385. The van der Waals surface area contributed by atoms with Gasteiger partial charge in [-0.1, -0.05) is 0 Å². The number of carbonyl (C=O) groups excluding carboxylic acids is 1. The minimum absolute atomic E-state index is 0.0692. The Hall–Kier alpha value is -2.44. The number of rotatable bonds is 2. The Morgan fingerprint density at radius 3 is 3.00 bits per heavy atom. The van der Waals surface area contributed by atoms with Gasteiger partial charge in [0.25, 0.3) is 0 Å². The highest BCUT2D eigenvalue weighted by molar-refractivity contribution is 6.04. The number of aromatic nitrogens is 1. The summed E-state index contributed by atoms with van der Waals surface area (Å²) in [6, 6.07) is 4.22. The molecule has 2 N–H and O–H groups in total. The maximum absolute atomic E-state index is 13.1. The zero-order valence-electron chi connectivity index (χ0n) is 10.8. The lowest BCUT2D eigenvalue weighted by Gasteiger charge is -2.06. The molecule has 0 spiro atoms. The first-order valence-electron chi connectivity index (χ1n) is 6.26. The topological polar surface area (TPSA) is 79.5 Å².